The zero-order chi connectivity index (χ0) is 95.5. The molecule has 27 N–H and O–H groups in total. The summed E-state index contributed by atoms with van der Waals surface area (Å²) in [5.74, 6) is -0.858. The van der Waals surface area contributed by atoms with E-state index in [4.69, 9.17) is 118 Å². The molecule has 6 bridgehead atoms. The Morgan fingerprint density at radius 2 is 0.570 bits per heavy atom. The molecule has 66 nitrogen and oxygen atoms in total. The number of aliphatic hydroxyl groups is 6. The van der Waals surface area contributed by atoms with E-state index in [0.29, 0.717) is 11.0 Å². The van der Waals surface area contributed by atoms with Gasteiger partial charge in [0, 0.05) is 18.6 Å². The van der Waals surface area contributed by atoms with Crippen molar-refractivity contribution in [1.82, 2.24) is 102 Å². The molecule has 0 amide bonds. The third-order valence-corrected chi connectivity index (χ3v) is 28.0. The van der Waals surface area contributed by atoms with Gasteiger partial charge in [-0.1, -0.05) is 0 Å². The number of hydrogen-bond acceptors (Lipinski definition) is 51. The summed E-state index contributed by atoms with van der Waals surface area (Å²) in [4.78, 5) is 157. The van der Waals surface area contributed by atoms with Crippen LogP contribution >= 0.6 is 46.0 Å². The van der Waals surface area contributed by atoms with Gasteiger partial charge in [-0.25, -0.2) is 54.0 Å². The first-order valence-electron chi connectivity index (χ1n) is 39.1. The van der Waals surface area contributed by atoms with Crippen molar-refractivity contribution in [3.63, 3.8) is 0 Å². The van der Waals surface area contributed by atoms with Crippen LogP contribution in [0, 0.1) is 0 Å². The molecule has 0 saturated carbocycles. The van der Waals surface area contributed by atoms with Crippen molar-refractivity contribution < 1.29 is 171 Å². The number of aliphatic hydroxyl groups excluding tert-OH is 6. The molecule has 9 aliphatic rings. The van der Waals surface area contributed by atoms with Crippen molar-refractivity contribution in [1.29, 1.82) is 0 Å². The van der Waals surface area contributed by atoms with Gasteiger partial charge in [-0.2, -0.15) is 15.0 Å². The number of nitrogens with zero attached hydrogens (tertiary/aromatic N) is 18. The number of aromatic nitrogens is 21. The van der Waals surface area contributed by atoms with Gasteiger partial charge in [0.25, 0.3) is 16.7 Å². The molecule has 135 heavy (non-hydrogen) atoms. The summed E-state index contributed by atoms with van der Waals surface area (Å²) in [6.45, 7) is -1.62. The first-order valence-corrected chi connectivity index (χ1v) is 49.2. The number of nitrogen functional groups attached to an aromatic ring is 6. The second-order valence-electron chi connectivity index (χ2n) is 30.8. The minimum atomic E-state index is -5.12. The molecule has 9 fully saturated rings. The molecule has 0 radical (unpaired) electrons. The molecule has 30 atom stereocenters. The minimum absolute atomic E-state index is 0.130. The SMILES string of the molecule is Nc1nc2c(ncn2[C@@H]2O[C@@H]3OCP(=O)(O)O[C@@H]4C(O)[C@H](n5cnc6c(N)ccnc65)O[C@@H]4COP(=O)(O)OC2[C@H]3O)c(=O)[nH]1.Nc1nc2c(ncn2[C@@H]2O[C@@H]3OCP(=O)(O)O[C@@H]4C(O)[C@H](n5cnc6c(N)ccnc65)O[C@@H]4COP(=O)(O)OC2[C@H]3O)c(=O)[nH]1.Nc1nc2c(ncn2[C@@H]2O[C@@H]3OCP(=O)(O)O[C@@H]4C(O)[C@H](n5cnc6c(N)ccnc65)O[C@@H]4OCP(=O)(O)OC2[C@H]3O)c(=O)[nH]1. The van der Waals surface area contributed by atoms with Crippen molar-refractivity contribution >= 4 is 148 Å². The van der Waals surface area contributed by atoms with Crippen LogP contribution in [0.5, 0.6) is 0 Å². The van der Waals surface area contributed by atoms with Crippen molar-refractivity contribution in [3.8, 4) is 0 Å². The molecule has 726 valence electrons. The Morgan fingerprint density at radius 3 is 0.896 bits per heavy atom. The quantitative estimate of drug-likeness (QED) is 0.0692. The molecule has 0 aliphatic carbocycles. The summed E-state index contributed by atoms with van der Waals surface area (Å²) >= 11 is 0. The highest BCUT2D eigenvalue weighted by atomic mass is 31.2. The maximum atomic E-state index is 13.3. The Balaban J connectivity index is 0.000000130. The van der Waals surface area contributed by atoms with E-state index in [2.05, 4.69) is 74.8 Å². The van der Waals surface area contributed by atoms with Crippen LogP contribution in [0.15, 0.2) is 89.1 Å². The van der Waals surface area contributed by atoms with Crippen molar-refractivity contribution in [2.75, 3.05) is 73.0 Å². The maximum absolute atomic E-state index is 13.3. The highest BCUT2D eigenvalue weighted by Gasteiger charge is 2.59. The van der Waals surface area contributed by atoms with E-state index in [0.717, 1.165) is 32.7 Å². The summed E-state index contributed by atoms with van der Waals surface area (Å²) < 4.78 is 185. The summed E-state index contributed by atoms with van der Waals surface area (Å²) in [5.41, 5.74) is 34.1. The Labute approximate surface area is 745 Å². The van der Waals surface area contributed by atoms with E-state index in [1.165, 1.54) is 69.5 Å². The number of phosphoric acid groups is 2. The summed E-state index contributed by atoms with van der Waals surface area (Å²) in [7, 11) is -29.4. The standard InChI is InChI=1S/3C21H25N9O13P2/c22-7-1-2-24-14-8(7)25-3-29(14)17-10(31)13-20(40-17)39-6-44(34,35)42-12-11(32)19(38-5-45(36,37)43-13)41-18(12)30-4-26-9-15(30)27-21(23)28-16(9)33;2*22-7-1-2-24-15-9(7)25-4-29(15)18-11(31)13-8(40-18)3-39-45(36,37)43-14-12(32)20(38-6-44(34,35)42-13)41-19(14)30-5-26-10-16(30)27-21(23)28-17(10)33/h1-4,10-13,17-20,31-32H,5-6H2,(H2,22,24)(H,34,35)(H,36,37)(H3,23,27,28,33);2*1-2,4-5,8,11-14,18-20,31-32H,3,6H2,(H2,22,24)(H,34,35)(H,36,37)(H3,23,27,28,33)/t10?,11-,12?,13-,17-,18-,19+,20+;2*8-,11?,12-,13+,14?,18-,19-,20+/m111/s1. The van der Waals surface area contributed by atoms with E-state index in [1.54, 1.807) is 0 Å². The molecule has 12 aromatic rings. The molecule has 12 unspecified atom stereocenters. The van der Waals surface area contributed by atoms with Gasteiger partial charge >= 0.3 is 46.0 Å². The van der Waals surface area contributed by atoms with Crippen molar-refractivity contribution in [2.24, 2.45) is 0 Å². The van der Waals surface area contributed by atoms with Gasteiger partial charge in [0.15, 0.2) is 138 Å². The molecule has 21 rings (SSSR count). The highest BCUT2D eigenvalue weighted by molar-refractivity contribution is 7.53. The Hall–Kier alpha value is -10.1. The first kappa shape index (κ1) is 93.9. The van der Waals surface area contributed by atoms with Crippen LogP contribution < -0.4 is 51.1 Å². The maximum Gasteiger partial charge on any atom is 0.472 e. The average Bonchev–Trinajstić information content (AvgIpc) is 1.63. The number of pyridine rings is 3. The zero-order valence-electron chi connectivity index (χ0n) is 67.6. The predicted octanol–water partition coefficient (Wildman–Crippen LogP) is -5.21. The average molecular weight is 2020 g/mol. The van der Waals surface area contributed by atoms with E-state index >= 15 is 0 Å². The summed E-state index contributed by atoms with van der Waals surface area (Å²) in [5, 5.41) is 66.3. The number of phosphoric ester groups is 2. The summed E-state index contributed by atoms with van der Waals surface area (Å²) in [6, 6.07) is 4.53. The van der Waals surface area contributed by atoms with Crippen LogP contribution in [0.4, 0.5) is 34.9 Å². The molecule has 0 spiro atoms. The number of rotatable bonds is 6. The molecular weight excluding hydrogens is 1940 g/mol. The van der Waals surface area contributed by atoms with Crippen molar-refractivity contribution in [3.05, 3.63) is 106 Å². The lowest BCUT2D eigenvalue weighted by Crippen LogP contribution is -2.36. The molecule has 12 aromatic heterocycles. The lowest BCUT2D eigenvalue weighted by Gasteiger charge is -2.26. The Morgan fingerprint density at radius 1 is 0.311 bits per heavy atom. The van der Waals surface area contributed by atoms with E-state index < -0.39 is 249 Å². The monoisotopic (exact) mass is 2020 g/mol. The number of ether oxygens (including phenoxy) is 10. The minimum Gasteiger partial charge on any atom is -0.397 e. The number of nitrogens with two attached hydrogens (primary N) is 6. The zero-order valence-corrected chi connectivity index (χ0v) is 73.0. The number of nitrogens with one attached hydrogen (secondary N) is 3. The fraction of sp³-hybridized carbons (Fsp3) is 0.476. The van der Waals surface area contributed by atoms with Crippen LogP contribution in [0.2, 0.25) is 0 Å². The van der Waals surface area contributed by atoms with Gasteiger partial charge in [0.05, 0.1) is 68.2 Å². The number of hydrogen-bond donors (Lipinski definition) is 21. The van der Waals surface area contributed by atoms with E-state index in [1.807, 2.05) is 0 Å². The number of anilines is 6. The highest BCUT2D eigenvalue weighted by Crippen LogP contribution is 2.59. The first-order chi connectivity index (χ1) is 63.9. The number of aromatic amines is 3. The number of fused-ring (bicyclic) bond motifs is 15. The van der Waals surface area contributed by atoms with E-state index in [9.17, 15) is 102 Å². The van der Waals surface area contributed by atoms with Crippen LogP contribution in [-0.2, 0) is 111 Å². The van der Waals surface area contributed by atoms with Crippen molar-refractivity contribution in [2.45, 2.75) is 148 Å². The topological polar surface area (TPSA) is 950 Å². The second-order valence-corrected chi connectivity index (χ2v) is 40.6. The van der Waals surface area contributed by atoms with Gasteiger partial charge in [-0.3, -0.25) is 111 Å². The van der Waals surface area contributed by atoms with Gasteiger partial charge in [0.1, 0.15) is 102 Å². The largest absolute Gasteiger partial charge is 0.472 e. The normalized spacial score (nSPS) is 37.7. The third kappa shape index (κ3) is 18.0. The second kappa shape index (κ2) is 35.4. The fourth-order valence-corrected chi connectivity index (χ4v) is 21.8. The van der Waals surface area contributed by atoms with Gasteiger partial charge in [0.2, 0.25) is 17.8 Å². The van der Waals surface area contributed by atoms with Gasteiger partial charge in [-0.15, -0.1) is 0 Å². The van der Waals surface area contributed by atoms with Crippen LogP contribution in [0.25, 0.3) is 67.0 Å². The van der Waals surface area contributed by atoms with Gasteiger partial charge < -0.3 is 142 Å². The third-order valence-electron chi connectivity index (χ3n) is 21.8. The van der Waals surface area contributed by atoms with E-state index in [-0.39, 0.29) is 90.9 Å². The molecule has 9 aliphatic heterocycles. The number of H-pyrrole nitrogens is 3. The predicted molar refractivity (Wildman–Crippen MR) is 437 cm³/mol. The molecule has 0 aromatic carbocycles. The molecular formula is C63H75N27O39P6. The fourth-order valence-electron chi connectivity index (χ4n) is 15.9. The molecule has 21 heterocycles. The van der Waals surface area contributed by atoms with Gasteiger partial charge in [-0.05, 0) is 18.2 Å². The van der Waals surface area contributed by atoms with Crippen LogP contribution in [-0.4, -0.2) is 311 Å². The van der Waals surface area contributed by atoms with Crippen LogP contribution in [0.3, 0.4) is 0 Å². The van der Waals surface area contributed by atoms with Crippen LogP contribution in [0.1, 0.15) is 37.4 Å². The smallest absolute Gasteiger partial charge is 0.397 e. The Kier molecular flexibility index (Phi) is 24.6. The molecule has 9 saturated heterocycles. The molecule has 72 heteroatoms. The number of imidazole rings is 6. The lowest BCUT2D eigenvalue weighted by atomic mass is 10.1. The Bertz CT molecular complexity index is 6460. The lowest BCUT2D eigenvalue weighted by molar-refractivity contribution is -0.174. The summed E-state index contributed by atoms with van der Waals surface area (Å²) in [6.07, 6.45) is -32.2.